The van der Waals surface area contributed by atoms with E-state index in [1.165, 1.54) is 18.0 Å². The first-order valence-electron chi connectivity index (χ1n) is 6.42. The predicted molar refractivity (Wildman–Crippen MR) is 81.4 cm³/mol. The summed E-state index contributed by atoms with van der Waals surface area (Å²) < 4.78 is 51.8. The van der Waals surface area contributed by atoms with Crippen molar-refractivity contribution in [3.05, 3.63) is 52.1 Å². The molecule has 0 spiro atoms. The van der Waals surface area contributed by atoms with Gasteiger partial charge in [0.05, 0.1) is 16.8 Å². The van der Waals surface area contributed by atoms with Crippen LogP contribution in [0.25, 0.3) is 0 Å². The van der Waals surface area contributed by atoms with Crippen molar-refractivity contribution in [1.82, 2.24) is 15.3 Å². The van der Waals surface area contributed by atoms with E-state index in [9.17, 15) is 22.4 Å². The minimum Gasteiger partial charge on any atom is -0.347 e. The summed E-state index contributed by atoms with van der Waals surface area (Å²) >= 11 is 7.01. The van der Waals surface area contributed by atoms with Crippen LogP contribution in [0.2, 0.25) is 5.02 Å². The van der Waals surface area contributed by atoms with Crippen LogP contribution >= 0.6 is 23.4 Å². The van der Waals surface area contributed by atoms with Gasteiger partial charge in [0.25, 0.3) is 5.91 Å². The molecule has 0 saturated heterocycles. The Bertz CT molecular complexity index is 770. The van der Waals surface area contributed by atoms with Crippen molar-refractivity contribution in [3.8, 4) is 0 Å². The van der Waals surface area contributed by atoms with Gasteiger partial charge in [-0.25, -0.2) is 14.4 Å². The minimum atomic E-state index is -4.74. The Morgan fingerprint density at radius 3 is 2.71 bits per heavy atom. The maximum absolute atomic E-state index is 13.1. The lowest BCUT2D eigenvalue weighted by Gasteiger charge is -2.13. The molecule has 0 saturated carbocycles. The Morgan fingerprint density at radius 1 is 1.38 bits per heavy atom. The average Bonchev–Trinajstić information content (AvgIpc) is 2.53. The molecule has 2 aromatic rings. The molecule has 2 rings (SSSR count). The topological polar surface area (TPSA) is 54.9 Å². The van der Waals surface area contributed by atoms with Gasteiger partial charge in [0, 0.05) is 6.54 Å². The number of carbonyl (C=O) groups excluding carboxylic acids is 1. The number of benzene rings is 1. The summed E-state index contributed by atoms with van der Waals surface area (Å²) in [6.07, 6.45) is -1.81. The molecule has 10 heteroatoms. The molecule has 4 nitrogen and oxygen atoms in total. The molecule has 1 heterocycles. The summed E-state index contributed by atoms with van der Waals surface area (Å²) in [6.45, 7) is -0.455. The predicted octanol–water partition coefficient (Wildman–Crippen LogP) is 3.94. The molecular weight excluding hydrogens is 370 g/mol. The number of amides is 1. The second-order valence-electron chi connectivity index (χ2n) is 4.54. The van der Waals surface area contributed by atoms with Gasteiger partial charge in [-0.3, -0.25) is 4.79 Å². The zero-order valence-electron chi connectivity index (χ0n) is 12.1. The summed E-state index contributed by atoms with van der Waals surface area (Å²) in [5.41, 5.74) is -1.57. The van der Waals surface area contributed by atoms with Crippen molar-refractivity contribution >= 4 is 29.3 Å². The Balaban J connectivity index is 2.21. The molecule has 0 atom stereocenters. The van der Waals surface area contributed by atoms with E-state index in [0.29, 0.717) is 11.2 Å². The fourth-order valence-electron chi connectivity index (χ4n) is 1.83. The van der Waals surface area contributed by atoms with Gasteiger partial charge < -0.3 is 5.32 Å². The number of nitrogens with one attached hydrogen (secondary N) is 1. The molecule has 0 aliphatic rings. The third kappa shape index (κ3) is 4.35. The zero-order valence-corrected chi connectivity index (χ0v) is 13.7. The number of carbonyl (C=O) groups is 1. The number of thioether (sulfide) groups is 1. The van der Waals surface area contributed by atoms with Crippen LogP contribution in [0, 0.1) is 5.82 Å². The van der Waals surface area contributed by atoms with Gasteiger partial charge in [0.1, 0.15) is 5.82 Å². The van der Waals surface area contributed by atoms with E-state index in [0.717, 1.165) is 12.1 Å². The van der Waals surface area contributed by atoms with Crippen molar-refractivity contribution in [3.63, 3.8) is 0 Å². The molecule has 128 valence electrons. The number of alkyl halides is 3. The highest BCUT2D eigenvalue weighted by Crippen LogP contribution is 2.32. The van der Waals surface area contributed by atoms with Crippen molar-refractivity contribution < 1.29 is 22.4 Å². The average molecular weight is 380 g/mol. The van der Waals surface area contributed by atoms with Crippen LogP contribution in [0.1, 0.15) is 21.6 Å². The number of halogens is 5. The van der Waals surface area contributed by atoms with Crippen LogP contribution in [0.3, 0.4) is 0 Å². The van der Waals surface area contributed by atoms with Gasteiger partial charge in [-0.2, -0.15) is 13.2 Å². The van der Waals surface area contributed by atoms with E-state index >= 15 is 0 Å². The molecule has 1 amide bonds. The van der Waals surface area contributed by atoms with Crippen LogP contribution < -0.4 is 5.32 Å². The SMILES string of the molecule is CSc1ncc(Cl)c(C(=O)NCc2ccc(F)cc2C(F)(F)F)n1. The van der Waals surface area contributed by atoms with Crippen molar-refractivity contribution in [2.24, 2.45) is 0 Å². The number of hydrogen-bond acceptors (Lipinski definition) is 4. The molecule has 0 aliphatic heterocycles. The van der Waals surface area contributed by atoms with Crippen molar-refractivity contribution in [2.45, 2.75) is 17.9 Å². The quantitative estimate of drug-likeness (QED) is 0.496. The lowest BCUT2D eigenvalue weighted by atomic mass is 10.1. The Labute approximate surface area is 143 Å². The number of rotatable bonds is 4. The van der Waals surface area contributed by atoms with Gasteiger partial charge in [0.15, 0.2) is 10.9 Å². The molecule has 0 radical (unpaired) electrons. The molecule has 1 aromatic heterocycles. The molecule has 0 unspecified atom stereocenters. The summed E-state index contributed by atoms with van der Waals surface area (Å²) in [7, 11) is 0. The Morgan fingerprint density at radius 2 is 2.08 bits per heavy atom. The smallest absolute Gasteiger partial charge is 0.347 e. The van der Waals surface area contributed by atoms with E-state index in [2.05, 4.69) is 15.3 Å². The Kier molecular flexibility index (Phi) is 5.66. The first-order valence-corrected chi connectivity index (χ1v) is 8.03. The molecule has 0 fully saturated rings. The third-order valence-corrected chi connectivity index (χ3v) is 3.77. The van der Waals surface area contributed by atoms with Crippen LogP contribution in [-0.4, -0.2) is 22.1 Å². The van der Waals surface area contributed by atoms with Crippen molar-refractivity contribution in [1.29, 1.82) is 0 Å². The lowest BCUT2D eigenvalue weighted by molar-refractivity contribution is -0.138. The number of nitrogens with zero attached hydrogens (tertiary/aromatic N) is 2. The normalized spacial score (nSPS) is 11.4. The second-order valence-corrected chi connectivity index (χ2v) is 5.72. The molecule has 1 N–H and O–H groups in total. The van der Waals surface area contributed by atoms with E-state index in [1.54, 1.807) is 6.26 Å². The first-order chi connectivity index (χ1) is 11.2. The van der Waals surface area contributed by atoms with E-state index in [1.807, 2.05) is 0 Å². The second kappa shape index (κ2) is 7.35. The molecule has 24 heavy (non-hydrogen) atoms. The summed E-state index contributed by atoms with van der Waals surface area (Å²) in [5, 5.41) is 2.56. The highest BCUT2D eigenvalue weighted by Gasteiger charge is 2.33. The fraction of sp³-hybridized carbons (Fsp3) is 0.214. The van der Waals surface area contributed by atoms with Gasteiger partial charge in [-0.05, 0) is 24.0 Å². The van der Waals surface area contributed by atoms with Gasteiger partial charge >= 0.3 is 6.18 Å². The molecule has 1 aromatic carbocycles. The van der Waals surface area contributed by atoms with Crippen LogP contribution in [0.15, 0.2) is 29.6 Å². The van der Waals surface area contributed by atoms with E-state index in [4.69, 9.17) is 11.6 Å². The summed E-state index contributed by atoms with van der Waals surface area (Å²) in [5.74, 6) is -1.77. The third-order valence-electron chi connectivity index (χ3n) is 2.94. The fourth-order valence-corrected chi connectivity index (χ4v) is 2.35. The standard InChI is InChI=1S/C14H10ClF4N3OS/c1-24-13-21-6-10(15)11(22-13)12(23)20-5-7-2-3-8(16)4-9(7)14(17,18)19/h2-4,6H,5H2,1H3,(H,20,23). The zero-order chi connectivity index (χ0) is 17.9. The minimum absolute atomic E-state index is 0.0274. The number of aromatic nitrogens is 2. The largest absolute Gasteiger partial charge is 0.416 e. The maximum Gasteiger partial charge on any atom is 0.416 e. The van der Waals surface area contributed by atoms with E-state index in [-0.39, 0.29) is 16.3 Å². The molecule has 0 bridgehead atoms. The summed E-state index contributed by atoms with van der Waals surface area (Å²) in [4.78, 5) is 19.9. The van der Waals surface area contributed by atoms with Crippen molar-refractivity contribution in [2.75, 3.05) is 6.26 Å². The highest BCUT2D eigenvalue weighted by molar-refractivity contribution is 7.98. The van der Waals surface area contributed by atoms with Crippen LogP contribution in [0.5, 0.6) is 0 Å². The lowest BCUT2D eigenvalue weighted by Crippen LogP contribution is -2.26. The molecule has 0 aliphatic carbocycles. The van der Waals surface area contributed by atoms with Crippen LogP contribution in [0.4, 0.5) is 17.6 Å². The Hall–Kier alpha value is -1.87. The highest BCUT2D eigenvalue weighted by atomic mass is 35.5. The number of hydrogen-bond donors (Lipinski definition) is 1. The van der Waals surface area contributed by atoms with Gasteiger partial charge in [0.2, 0.25) is 0 Å². The van der Waals surface area contributed by atoms with Crippen LogP contribution in [-0.2, 0) is 12.7 Å². The summed E-state index contributed by atoms with van der Waals surface area (Å²) in [6, 6.07) is 2.23. The van der Waals surface area contributed by atoms with Gasteiger partial charge in [-0.1, -0.05) is 29.4 Å². The van der Waals surface area contributed by atoms with Gasteiger partial charge in [-0.15, -0.1) is 0 Å². The molecular formula is C14H10ClF4N3OS. The monoisotopic (exact) mass is 379 g/mol. The van der Waals surface area contributed by atoms with E-state index < -0.39 is 30.0 Å². The first kappa shape index (κ1) is 18.5. The maximum atomic E-state index is 13.1.